The molecule has 1 amide bonds. The van der Waals surface area contributed by atoms with Crippen LogP contribution in [-0.4, -0.2) is 32.3 Å². The maximum Gasteiger partial charge on any atom is 0.273 e. The number of amides is 1. The molecule has 0 fully saturated rings. The van der Waals surface area contributed by atoms with Gasteiger partial charge in [0.2, 0.25) is 0 Å². The summed E-state index contributed by atoms with van der Waals surface area (Å²) in [6.45, 7) is 6.20. The molecule has 5 nitrogen and oxygen atoms in total. The summed E-state index contributed by atoms with van der Waals surface area (Å²) in [5.41, 5.74) is 5.43. The van der Waals surface area contributed by atoms with Gasteiger partial charge in [0.25, 0.3) is 5.91 Å². The summed E-state index contributed by atoms with van der Waals surface area (Å²) < 4.78 is 5.28. The van der Waals surface area contributed by atoms with Crippen molar-refractivity contribution in [3.05, 3.63) is 65.7 Å². The molecule has 132 valence electrons. The second-order valence-corrected chi connectivity index (χ2v) is 5.52. The summed E-state index contributed by atoms with van der Waals surface area (Å²) in [7, 11) is 1.51. The van der Waals surface area contributed by atoms with Crippen LogP contribution in [0, 0.1) is 0 Å². The van der Waals surface area contributed by atoms with E-state index in [1.807, 2.05) is 42.5 Å². The molecule has 0 heterocycles. The van der Waals surface area contributed by atoms with Crippen molar-refractivity contribution in [3.63, 3.8) is 0 Å². The molecule has 25 heavy (non-hydrogen) atoms. The van der Waals surface area contributed by atoms with Crippen LogP contribution in [-0.2, 0) is 9.53 Å². The predicted molar refractivity (Wildman–Crippen MR) is 102 cm³/mol. The van der Waals surface area contributed by atoms with E-state index >= 15 is 0 Å². The standard InChI is InChI=1S/C20H25N3O2/c1-4-23(5-2)18-13-11-16(12-14-18)15-21-22-20(24)19(25-3)17-9-7-6-8-10-17/h6-15,19H,4-5H2,1-3H3,(H,22,24). The lowest BCUT2D eigenvalue weighted by molar-refractivity contribution is -0.131. The third-order valence-electron chi connectivity index (χ3n) is 3.99. The van der Waals surface area contributed by atoms with Crippen LogP contribution in [0.3, 0.4) is 0 Å². The number of methoxy groups -OCH3 is 1. The Morgan fingerprint density at radius 3 is 2.32 bits per heavy atom. The quantitative estimate of drug-likeness (QED) is 0.592. The van der Waals surface area contributed by atoms with Crippen molar-refractivity contribution in [2.45, 2.75) is 20.0 Å². The third kappa shape index (κ3) is 5.16. The molecule has 0 aromatic heterocycles. The molecule has 0 spiro atoms. The highest BCUT2D eigenvalue weighted by Gasteiger charge is 2.18. The Morgan fingerprint density at radius 1 is 1.12 bits per heavy atom. The number of carbonyl (C=O) groups excluding carboxylic acids is 1. The summed E-state index contributed by atoms with van der Waals surface area (Å²) >= 11 is 0. The van der Waals surface area contributed by atoms with E-state index in [4.69, 9.17) is 4.74 Å². The highest BCUT2D eigenvalue weighted by Crippen LogP contribution is 2.16. The maximum atomic E-state index is 12.2. The summed E-state index contributed by atoms with van der Waals surface area (Å²) in [6, 6.07) is 17.4. The highest BCUT2D eigenvalue weighted by molar-refractivity contribution is 5.85. The van der Waals surface area contributed by atoms with Crippen molar-refractivity contribution in [2.75, 3.05) is 25.1 Å². The minimum Gasteiger partial charge on any atom is -0.372 e. The van der Waals surface area contributed by atoms with E-state index in [-0.39, 0.29) is 5.91 Å². The molecule has 0 bridgehead atoms. The zero-order chi connectivity index (χ0) is 18.1. The number of rotatable bonds is 8. The summed E-state index contributed by atoms with van der Waals surface area (Å²) in [5, 5.41) is 4.03. The van der Waals surface area contributed by atoms with Crippen molar-refractivity contribution >= 4 is 17.8 Å². The first-order valence-corrected chi connectivity index (χ1v) is 8.45. The third-order valence-corrected chi connectivity index (χ3v) is 3.99. The van der Waals surface area contributed by atoms with Gasteiger partial charge in [-0.2, -0.15) is 5.10 Å². The average Bonchev–Trinajstić information content (AvgIpc) is 2.65. The van der Waals surface area contributed by atoms with E-state index in [1.54, 1.807) is 6.21 Å². The first kappa shape index (κ1) is 18.7. The molecule has 0 aliphatic heterocycles. The van der Waals surface area contributed by atoms with Crippen LogP contribution in [0.5, 0.6) is 0 Å². The Labute approximate surface area is 149 Å². The predicted octanol–water partition coefficient (Wildman–Crippen LogP) is 3.37. The SMILES string of the molecule is CCN(CC)c1ccc(C=NNC(=O)C(OC)c2ccccc2)cc1. The number of anilines is 1. The van der Waals surface area contributed by atoms with Crippen molar-refractivity contribution in [2.24, 2.45) is 5.10 Å². The largest absolute Gasteiger partial charge is 0.372 e. The number of hydrogen-bond donors (Lipinski definition) is 1. The second kappa shape index (κ2) is 9.59. The first-order valence-electron chi connectivity index (χ1n) is 8.45. The normalized spacial score (nSPS) is 12.1. The lowest BCUT2D eigenvalue weighted by atomic mass is 10.1. The molecule has 0 aliphatic carbocycles. The molecule has 1 unspecified atom stereocenters. The van der Waals surface area contributed by atoms with Gasteiger partial charge in [-0.1, -0.05) is 42.5 Å². The number of nitrogens with zero attached hydrogens (tertiary/aromatic N) is 2. The van der Waals surface area contributed by atoms with Crippen LogP contribution < -0.4 is 10.3 Å². The van der Waals surface area contributed by atoms with Gasteiger partial charge in [-0.3, -0.25) is 4.79 Å². The minimum atomic E-state index is -0.677. The van der Waals surface area contributed by atoms with Crippen LogP contribution >= 0.6 is 0 Å². The second-order valence-electron chi connectivity index (χ2n) is 5.52. The molecule has 0 saturated carbocycles. The van der Waals surface area contributed by atoms with Gasteiger partial charge in [0.05, 0.1) is 6.21 Å². The van der Waals surface area contributed by atoms with E-state index in [2.05, 4.69) is 41.4 Å². The zero-order valence-electron chi connectivity index (χ0n) is 15.0. The van der Waals surface area contributed by atoms with Crippen molar-refractivity contribution in [3.8, 4) is 0 Å². The first-order chi connectivity index (χ1) is 12.2. The van der Waals surface area contributed by atoms with Crippen molar-refractivity contribution in [1.29, 1.82) is 0 Å². The van der Waals surface area contributed by atoms with Gasteiger partial charge in [0, 0.05) is 25.9 Å². The van der Waals surface area contributed by atoms with Crippen LogP contribution in [0.15, 0.2) is 59.7 Å². The van der Waals surface area contributed by atoms with Gasteiger partial charge in [0.15, 0.2) is 6.10 Å². The summed E-state index contributed by atoms with van der Waals surface area (Å²) in [4.78, 5) is 14.5. The van der Waals surface area contributed by atoms with Gasteiger partial charge >= 0.3 is 0 Å². The Hall–Kier alpha value is -2.66. The van der Waals surface area contributed by atoms with Crippen LogP contribution in [0.2, 0.25) is 0 Å². The fourth-order valence-electron chi connectivity index (χ4n) is 2.61. The van der Waals surface area contributed by atoms with E-state index in [0.29, 0.717) is 0 Å². The number of benzene rings is 2. The van der Waals surface area contributed by atoms with Gasteiger partial charge in [-0.25, -0.2) is 5.43 Å². The zero-order valence-corrected chi connectivity index (χ0v) is 15.0. The number of ether oxygens (including phenoxy) is 1. The van der Waals surface area contributed by atoms with Crippen LogP contribution in [0.4, 0.5) is 5.69 Å². The summed E-state index contributed by atoms with van der Waals surface area (Å²) in [6.07, 6.45) is 0.949. The Morgan fingerprint density at radius 2 is 1.76 bits per heavy atom. The van der Waals surface area contributed by atoms with Gasteiger partial charge in [0.1, 0.15) is 0 Å². The maximum absolute atomic E-state index is 12.2. The molecular formula is C20H25N3O2. The van der Waals surface area contributed by atoms with Gasteiger partial charge < -0.3 is 9.64 Å². The van der Waals surface area contributed by atoms with Crippen molar-refractivity contribution < 1.29 is 9.53 Å². The van der Waals surface area contributed by atoms with Crippen molar-refractivity contribution in [1.82, 2.24) is 5.43 Å². The summed E-state index contributed by atoms with van der Waals surface area (Å²) in [5.74, 6) is -0.301. The molecule has 5 heteroatoms. The van der Waals surface area contributed by atoms with E-state index in [0.717, 1.165) is 24.2 Å². The number of hydrazone groups is 1. The van der Waals surface area contributed by atoms with Gasteiger partial charge in [-0.15, -0.1) is 0 Å². The Bertz CT molecular complexity index is 680. The smallest absolute Gasteiger partial charge is 0.273 e. The molecule has 2 rings (SSSR count). The molecule has 1 N–H and O–H groups in total. The minimum absolute atomic E-state index is 0.301. The fourth-order valence-corrected chi connectivity index (χ4v) is 2.61. The van der Waals surface area contributed by atoms with E-state index < -0.39 is 6.10 Å². The lowest BCUT2D eigenvalue weighted by Crippen LogP contribution is -2.26. The fraction of sp³-hybridized carbons (Fsp3) is 0.300. The van der Waals surface area contributed by atoms with E-state index in [1.165, 1.54) is 12.8 Å². The number of hydrogen-bond acceptors (Lipinski definition) is 4. The average molecular weight is 339 g/mol. The van der Waals surface area contributed by atoms with Gasteiger partial charge in [-0.05, 0) is 37.1 Å². The van der Waals surface area contributed by atoms with Crippen LogP contribution in [0.25, 0.3) is 0 Å². The molecule has 0 radical (unpaired) electrons. The van der Waals surface area contributed by atoms with E-state index in [9.17, 15) is 4.79 Å². The highest BCUT2D eigenvalue weighted by atomic mass is 16.5. The number of carbonyl (C=O) groups is 1. The Kier molecular flexibility index (Phi) is 7.16. The van der Waals surface area contributed by atoms with Crippen LogP contribution in [0.1, 0.15) is 31.1 Å². The molecule has 1 atom stereocenters. The molecular weight excluding hydrogens is 314 g/mol. The molecule has 2 aromatic rings. The monoisotopic (exact) mass is 339 g/mol. The topological polar surface area (TPSA) is 53.9 Å². The lowest BCUT2D eigenvalue weighted by Gasteiger charge is -2.20. The Balaban J connectivity index is 1.96. The molecule has 2 aromatic carbocycles. The molecule has 0 aliphatic rings. The molecule has 0 saturated heterocycles. The number of nitrogens with one attached hydrogen (secondary N) is 1.